The van der Waals surface area contributed by atoms with Crippen LogP contribution in [0.2, 0.25) is 0 Å². The van der Waals surface area contributed by atoms with Crippen LogP contribution in [0.25, 0.3) is 0 Å². The summed E-state index contributed by atoms with van der Waals surface area (Å²) in [6, 6.07) is 5.33. The van der Waals surface area contributed by atoms with Crippen LogP contribution in [-0.2, 0) is 6.18 Å². The van der Waals surface area contributed by atoms with Gasteiger partial charge < -0.3 is 10.0 Å². The highest BCUT2D eigenvalue weighted by atomic mass is 19.4. The van der Waals surface area contributed by atoms with E-state index in [0.29, 0.717) is 25.2 Å². The zero-order valence-corrected chi connectivity index (χ0v) is 11.9. The molecule has 114 valence electrons. The molecule has 0 aliphatic carbocycles. The molecular formula is C15H17F3N2O. The fourth-order valence-electron chi connectivity index (χ4n) is 2.63. The molecule has 6 heteroatoms. The molecule has 0 saturated carbocycles. The van der Waals surface area contributed by atoms with Crippen LogP contribution in [0.4, 0.5) is 18.9 Å². The Morgan fingerprint density at radius 3 is 2.57 bits per heavy atom. The van der Waals surface area contributed by atoms with E-state index in [1.165, 1.54) is 12.1 Å². The number of benzene rings is 1. The Morgan fingerprint density at radius 1 is 1.38 bits per heavy atom. The van der Waals surface area contributed by atoms with E-state index in [-0.39, 0.29) is 11.0 Å². The molecule has 1 heterocycles. The number of aliphatic hydroxyl groups is 1. The number of aliphatic hydroxyl groups excluding tert-OH is 1. The quantitative estimate of drug-likeness (QED) is 0.866. The van der Waals surface area contributed by atoms with Crippen LogP contribution < -0.4 is 4.90 Å². The second kappa shape index (κ2) is 5.23. The lowest BCUT2D eigenvalue weighted by Gasteiger charge is -2.43. The predicted molar refractivity (Wildman–Crippen MR) is 72.8 cm³/mol. The van der Waals surface area contributed by atoms with Crippen molar-refractivity contribution in [1.82, 2.24) is 0 Å². The molecular weight excluding hydrogens is 281 g/mol. The minimum atomic E-state index is -4.55. The molecule has 0 spiro atoms. The molecule has 21 heavy (non-hydrogen) atoms. The SMILES string of the molecule is CC1(C)CN(c2ccc(C#N)c(C(F)(F)F)c2)CCC1O. The number of anilines is 1. The van der Waals surface area contributed by atoms with E-state index >= 15 is 0 Å². The van der Waals surface area contributed by atoms with Crippen LogP contribution in [-0.4, -0.2) is 24.3 Å². The van der Waals surface area contributed by atoms with Crippen molar-refractivity contribution < 1.29 is 18.3 Å². The number of alkyl halides is 3. The molecule has 0 bridgehead atoms. The first-order valence-corrected chi connectivity index (χ1v) is 6.69. The lowest BCUT2D eigenvalue weighted by atomic mass is 9.81. The average molecular weight is 298 g/mol. The molecule has 0 aromatic heterocycles. The van der Waals surface area contributed by atoms with Crippen LogP contribution in [0.15, 0.2) is 18.2 Å². The summed E-state index contributed by atoms with van der Waals surface area (Å²) >= 11 is 0. The van der Waals surface area contributed by atoms with E-state index < -0.39 is 17.8 Å². The van der Waals surface area contributed by atoms with Crippen LogP contribution >= 0.6 is 0 Å². The molecule has 2 rings (SSSR count). The highest BCUT2D eigenvalue weighted by Gasteiger charge is 2.37. The Kier molecular flexibility index (Phi) is 3.89. The van der Waals surface area contributed by atoms with Crippen molar-refractivity contribution >= 4 is 5.69 Å². The number of hydrogen-bond acceptors (Lipinski definition) is 3. The number of nitriles is 1. The Balaban J connectivity index is 2.36. The van der Waals surface area contributed by atoms with E-state index in [1.54, 1.807) is 6.07 Å². The summed E-state index contributed by atoms with van der Waals surface area (Å²) in [4.78, 5) is 1.82. The van der Waals surface area contributed by atoms with Crippen LogP contribution in [0, 0.1) is 16.7 Å². The van der Waals surface area contributed by atoms with Crippen LogP contribution in [0.5, 0.6) is 0 Å². The molecule has 1 aliphatic rings. The lowest BCUT2D eigenvalue weighted by Crippen LogP contribution is -2.48. The molecule has 1 N–H and O–H groups in total. The summed E-state index contributed by atoms with van der Waals surface area (Å²) in [6.07, 6.45) is -4.51. The maximum absolute atomic E-state index is 13.0. The van der Waals surface area contributed by atoms with Crippen molar-refractivity contribution in [3.63, 3.8) is 0 Å². The van der Waals surface area contributed by atoms with Crippen LogP contribution in [0.3, 0.4) is 0 Å². The maximum atomic E-state index is 13.0. The molecule has 1 saturated heterocycles. The molecule has 1 aliphatic heterocycles. The molecule has 1 fully saturated rings. The standard InChI is InChI=1S/C15H17F3N2O/c1-14(2)9-20(6-5-13(14)21)11-4-3-10(8-19)12(7-11)15(16,17)18/h3-4,7,13,21H,5-6,9H2,1-2H3. The predicted octanol–water partition coefficient (Wildman–Crippen LogP) is 3.17. The second-order valence-corrected chi connectivity index (χ2v) is 6.05. The van der Waals surface area contributed by atoms with Gasteiger partial charge in [0.25, 0.3) is 0 Å². The molecule has 1 atom stereocenters. The van der Waals surface area contributed by atoms with E-state index in [2.05, 4.69) is 0 Å². The maximum Gasteiger partial charge on any atom is 0.417 e. The summed E-state index contributed by atoms with van der Waals surface area (Å²) in [7, 11) is 0. The van der Waals surface area contributed by atoms with Gasteiger partial charge in [-0.15, -0.1) is 0 Å². The largest absolute Gasteiger partial charge is 0.417 e. The van der Waals surface area contributed by atoms with Crippen molar-refractivity contribution in [2.75, 3.05) is 18.0 Å². The van der Waals surface area contributed by atoms with Crippen LogP contribution in [0.1, 0.15) is 31.4 Å². The number of hydrogen-bond donors (Lipinski definition) is 1. The van der Waals surface area contributed by atoms with Gasteiger partial charge in [0.2, 0.25) is 0 Å². The van der Waals surface area contributed by atoms with Gasteiger partial charge in [0, 0.05) is 24.2 Å². The Morgan fingerprint density at radius 2 is 2.05 bits per heavy atom. The van der Waals surface area contributed by atoms with Crippen molar-refractivity contribution in [1.29, 1.82) is 5.26 Å². The lowest BCUT2D eigenvalue weighted by molar-refractivity contribution is -0.137. The van der Waals surface area contributed by atoms with Gasteiger partial charge >= 0.3 is 6.18 Å². The highest BCUT2D eigenvalue weighted by molar-refractivity contribution is 5.55. The summed E-state index contributed by atoms with van der Waals surface area (Å²) in [6.45, 7) is 4.74. The summed E-state index contributed by atoms with van der Waals surface area (Å²) < 4.78 is 39.0. The van der Waals surface area contributed by atoms with Gasteiger partial charge in [-0.2, -0.15) is 18.4 Å². The molecule has 1 aromatic rings. The van der Waals surface area contributed by atoms with Crippen molar-refractivity contribution in [3.05, 3.63) is 29.3 Å². The van der Waals surface area contributed by atoms with Crippen molar-refractivity contribution in [3.8, 4) is 6.07 Å². The first-order chi connectivity index (χ1) is 9.65. The Labute approximate surface area is 121 Å². The molecule has 1 unspecified atom stereocenters. The summed E-state index contributed by atoms with van der Waals surface area (Å²) in [5.74, 6) is 0. The number of piperidine rings is 1. The first-order valence-electron chi connectivity index (χ1n) is 6.69. The first kappa shape index (κ1) is 15.6. The monoisotopic (exact) mass is 298 g/mol. The van der Waals surface area contributed by atoms with Gasteiger partial charge in [0.1, 0.15) is 0 Å². The fraction of sp³-hybridized carbons (Fsp3) is 0.533. The second-order valence-electron chi connectivity index (χ2n) is 6.05. The van der Waals surface area contributed by atoms with Gasteiger partial charge in [-0.05, 0) is 24.6 Å². The minimum Gasteiger partial charge on any atom is -0.392 e. The van der Waals surface area contributed by atoms with E-state index in [4.69, 9.17) is 5.26 Å². The van der Waals surface area contributed by atoms with E-state index in [1.807, 2.05) is 18.7 Å². The molecule has 0 radical (unpaired) electrons. The summed E-state index contributed by atoms with van der Waals surface area (Å²) in [5.41, 5.74) is -1.24. The molecule has 1 aromatic carbocycles. The van der Waals surface area contributed by atoms with Gasteiger partial charge in [-0.3, -0.25) is 0 Å². The van der Waals surface area contributed by atoms with E-state index in [0.717, 1.165) is 6.07 Å². The zero-order valence-electron chi connectivity index (χ0n) is 11.9. The highest BCUT2D eigenvalue weighted by Crippen LogP contribution is 2.37. The fourth-order valence-corrected chi connectivity index (χ4v) is 2.63. The normalized spacial score (nSPS) is 22.0. The van der Waals surface area contributed by atoms with Crippen molar-refractivity contribution in [2.24, 2.45) is 5.41 Å². The van der Waals surface area contributed by atoms with Gasteiger partial charge in [-0.25, -0.2) is 0 Å². The number of rotatable bonds is 1. The Hall–Kier alpha value is -1.74. The van der Waals surface area contributed by atoms with Gasteiger partial charge in [-0.1, -0.05) is 13.8 Å². The third-order valence-electron chi connectivity index (χ3n) is 3.97. The average Bonchev–Trinajstić information content (AvgIpc) is 2.40. The minimum absolute atomic E-state index is 0.373. The molecule has 0 amide bonds. The number of halogens is 3. The molecule has 3 nitrogen and oxygen atoms in total. The number of nitrogens with zero attached hydrogens (tertiary/aromatic N) is 2. The summed E-state index contributed by atoms with van der Waals surface area (Å²) in [5, 5.41) is 18.7. The van der Waals surface area contributed by atoms with Gasteiger partial charge in [0.05, 0.1) is 23.3 Å². The van der Waals surface area contributed by atoms with Crippen molar-refractivity contribution in [2.45, 2.75) is 32.5 Å². The topological polar surface area (TPSA) is 47.3 Å². The third kappa shape index (κ3) is 3.13. The third-order valence-corrected chi connectivity index (χ3v) is 3.97. The zero-order chi connectivity index (χ0) is 15.8. The van der Waals surface area contributed by atoms with E-state index in [9.17, 15) is 18.3 Å². The van der Waals surface area contributed by atoms with Gasteiger partial charge in [0.15, 0.2) is 0 Å². The smallest absolute Gasteiger partial charge is 0.392 e. The Bertz CT molecular complexity index is 575.